The van der Waals surface area contributed by atoms with Gasteiger partial charge < -0.3 is 10.3 Å². The van der Waals surface area contributed by atoms with Gasteiger partial charge in [-0.15, -0.1) is 0 Å². The molecule has 3 N–H and O–H groups in total. The minimum Gasteiger partial charge on any atom is -0.339 e. The molecule has 0 saturated heterocycles. The van der Waals surface area contributed by atoms with Crippen molar-refractivity contribution in [2.75, 3.05) is 11.1 Å². The molecule has 7 nitrogen and oxygen atoms in total. The highest BCUT2D eigenvalue weighted by molar-refractivity contribution is 7.99. The molecule has 0 saturated carbocycles. The molecule has 2 aromatic heterocycles. The van der Waals surface area contributed by atoms with Gasteiger partial charge in [0.25, 0.3) is 5.56 Å². The average molecular weight is 336 g/mol. The molecule has 112 valence electrons. The standard InChI is InChI=1S/C13H10ClN5O2S/c14-7-3-1-2-4-8(7)17-9(20)5-22-13-18-11-10(12(21)19-13)15-6-16-11/h1-4,6H,5H2,(H,17,20)(H2,15,16,18,19,21). The second-order valence-electron chi connectivity index (χ2n) is 4.29. The van der Waals surface area contributed by atoms with Crippen molar-refractivity contribution in [1.29, 1.82) is 0 Å². The number of anilines is 1. The summed E-state index contributed by atoms with van der Waals surface area (Å²) < 4.78 is 0. The number of hydrogen-bond acceptors (Lipinski definition) is 5. The van der Waals surface area contributed by atoms with E-state index in [2.05, 4.69) is 25.3 Å². The molecule has 0 aliphatic rings. The number of thioether (sulfide) groups is 1. The van der Waals surface area contributed by atoms with Crippen LogP contribution in [0.4, 0.5) is 5.69 Å². The fourth-order valence-corrected chi connectivity index (χ4v) is 2.61. The zero-order valence-corrected chi connectivity index (χ0v) is 12.7. The van der Waals surface area contributed by atoms with Gasteiger partial charge in [0.15, 0.2) is 16.3 Å². The van der Waals surface area contributed by atoms with E-state index in [9.17, 15) is 9.59 Å². The molecule has 0 unspecified atom stereocenters. The molecular formula is C13H10ClN5O2S. The first-order chi connectivity index (χ1) is 10.6. The van der Waals surface area contributed by atoms with Crippen molar-refractivity contribution in [1.82, 2.24) is 19.9 Å². The van der Waals surface area contributed by atoms with Crippen LogP contribution in [0.2, 0.25) is 5.02 Å². The Labute approximate surface area is 133 Å². The molecule has 0 aliphatic carbocycles. The number of nitrogens with one attached hydrogen (secondary N) is 3. The number of amides is 1. The van der Waals surface area contributed by atoms with Gasteiger partial charge in [0.1, 0.15) is 0 Å². The lowest BCUT2D eigenvalue weighted by Gasteiger charge is -2.06. The van der Waals surface area contributed by atoms with Crippen LogP contribution in [0, 0.1) is 0 Å². The van der Waals surface area contributed by atoms with Gasteiger partial charge in [0, 0.05) is 0 Å². The second kappa shape index (κ2) is 6.20. The summed E-state index contributed by atoms with van der Waals surface area (Å²) in [4.78, 5) is 37.0. The zero-order valence-electron chi connectivity index (χ0n) is 11.1. The highest BCUT2D eigenvalue weighted by Gasteiger charge is 2.10. The lowest BCUT2D eigenvalue weighted by Crippen LogP contribution is -2.15. The Morgan fingerprint density at radius 1 is 1.36 bits per heavy atom. The monoisotopic (exact) mass is 335 g/mol. The van der Waals surface area contributed by atoms with E-state index in [0.29, 0.717) is 27.0 Å². The van der Waals surface area contributed by atoms with Gasteiger partial charge in [-0.2, -0.15) is 0 Å². The smallest absolute Gasteiger partial charge is 0.277 e. The predicted molar refractivity (Wildman–Crippen MR) is 85.3 cm³/mol. The Bertz CT molecular complexity index is 891. The quantitative estimate of drug-likeness (QED) is 0.500. The predicted octanol–water partition coefficient (Wildman–Crippen LogP) is 2.03. The van der Waals surface area contributed by atoms with E-state index in [4.69, 9.17) is 11.6 Å². The number of halogens is 1. The molecule has 2 heterocycles. The lowest BCUT2D eigenvalue weighted by molar-refractivity contribution is -0.113. The summed E-state index contributed by atoms with van der Waals surface area (Å²) in [6.07, 6.45) is 1.39. The van der Waals surface area contributed by atoms with Gasteiger partial charge in [0.05, 0.1) is 22.8 Å². The van der Waals surface area contributed by atoms with Gasteiger partial charge in [0.2, 0.25) is 5.91 Å². The first kappa shape index (κ1) is 14.6. The number of hydrogen-bond donors (Lipinski definition) is 3. The number of carbonyl (C=O) groups excluding carboxylic acids is 1. The van der Waals surface area contributed by atoms with Crippen molar-refractivity contribution in [3.05, 3.63) is 46.0 Å². The number of imidazole rings is 1. The fourth-order valence-electron chi connectivity index (χ4n) is 1.77. The third kappa shape index (κ3) is 3.12. The molecule has 0 atom stereocenters. The minimum absolute atomic E-state index is 0.0874. The third-order valence-electron chi connectivity index (χ3n) is 2.76. The third-order valence-corrected chi connectivity index (χ3v) is 3.97. The molecular weight excluding hydrogens is 326 g/mol. The van der Waals surface area contributed by atoms with Crippen molar-refractivity contribution < 1.29 is 4.79 Å². The molecule has 0 fully saturated rings. The maximum Gasteiger partial charge on any atom is 0.277 e. The molecule has 3 rings (SSSR count). The highest BCUT2D eigenvalue weighted by Crippen LogP contribution is 2.21. The second-order valence-corrected chi connectivity index (χ2v) is 5.66. The molecule has 0 bridgehead atoms. The average Bonchev–Trinajstić information content (AvgIpc) is 2.97. The summed E-state index contributed by atoms with van der Waals surface area (Å²) in [5, 5.41) is 3.49. The Hall–Kier alpha value is -2.32. The molecule has 1 amide bonds. The van der Waals surface area contributed by atoms with Crippen molar-refractivity contribution in [3.63, 3.8) is 0 Å². The number of rotatable bonds is 4. The van der Waals surface area contributed by atoms with E-state index in [1.165, 1.54) is 6.33 Å². The summed E-state index contributed by atoms with van der Waals surface area (Å²) in [5.74, 6) is -0.160. The summed E-state index contributed by atoms with van der Waals surface area (Å²) >= 11 is 7.08. The Kier molecular flexibility index (Phi) is 4.12. The first-order valence-corrected chi connectivity index (χ1v) is 7.60. The molecule has 3 aromatic rings. The van der Waals surface area contributed by atoms with Gasteiger partial charge in [-0.05, 0) is 12.1 Å². The largest absolute Gasteiger partial charge is 0.339 e. The van der Waals surface area contributed by atoms with Gasteiger partial charge in [-0.25, -0.2) is 9.97 Å². The summed E-state index contributed by atoms with van der Waals surface area (Å²) in [6.45, 7) is 0. The number of aromatic nitrogens is 4. The van der Waals surface area contributed by atoms with Crippen molar-refractivity contribution in [2.45, 2.75) is 5.16 Å². The normalized spacial score (nSPS) is 10.8. The summed E-state index contributed by atoms with van der Waals surface area (Å²) in [5.41, 5.74) is 0.845. The molecule has 9 heteroatoms. The zero-order chi connectivity index (χ0) is 15.5. The van der Waals surface area contributed by atoms with E-state index in [-0.39, 0.29) is 17.2 Å². The van der Waals surface area contributed by atoms with E-state index in [1.807, 2.05) is 0 Å². The summed E-state index contributed by atoms with van der Waals surface area (Å²) in [7, 11) is 0. The van der Waals surface area contributed by atoms with Gasteiger partial charge in [-0.3, -0.25) is 14.6 Å². The van der Waals surface area contributed by atoms with E-state index in [1.54, 1.807) is 24.3 Å². The van der Waals surface area contributed by atoms with Crippen LogP contribution in [0.3, 0.4) is 0 Å². The van der Waals surface area contributed by atoms with Gasteiger partial charge in [-0.1, -0.05) is 35.5 Å². The van der Waals surface area contributed by atoms with Crippen LogP contribution in [0.25, 0.3) is 11.2 Å². The topological polar surface area (TPSA) is 104 Å². The molecule has 1 aromatic carbocycles. The van der Waals surface area contributed by atoms with E-state index < -0.39 is 0 Å². The number of para-hydroxylation sites is 1. The van der Waals surface area contributed by atoms with Gasteiger partial charge >= 0.3 is 0 Å². The number of carbonyl (C=O) groups is 1. The van der Waals surface area contributed by atoms with Crippen LogP contribution < -0.4 is 10.9 Å². The SMILES string of the molecule is O=C(CSc1nc2nc[nH]c2c(=O)[nH]1)Nc1ccccc1Cl. The molecule has 0 spiro atoms. The lowest BCUT2D eigenvalue weighted by atomic mass is 10.3. The van der Waals surface area contributed by atoms with Crippen molar-refractivity contribution in [2.24, 2.45) is 0 Å². The minimum atomic E-state index is -0.323. The Balaban J connectivity index is 1.67. The molecule has 0 aliphatic heterocycles. The highest BCUT2D eigenvalue weighted by atomic mass is 35.5. The van der Waals surface area contributed by atoms with Crippen LogP contribution in [0.5, 0.6) is 0 Å². The van der Waals surface area contributed by atoms with Crippen molar-refractivity contribution >= 4 is 46.1 Å². The fraction of sp³-hybridized carbons (Fsp3) is 0.0769. The molecule has 22 heavy (non-hydrogen) atoms. The van der Waals surface area contributed by atoms with Crippen LogP contribution >= 0.6 is 23.4 Å². The first-order valence-electron chi connectivity index (χ1n) is 6.24. The van der Waals surface area contributed by atoms with Crippen LogP contribution in [0.15, 0.2) is 40.5 Å². The Morgan fingerprint density at radius 3 is 3.00 bits per heavy atom. The number of aromatic amines is 2. The number of nitrogens with zero attached hydrogens (tertiary/aromatic N) is 2. The molecule has 0 radical (unpaired) electrons. The maximum atomic E-state index is 11.9. The maximum absolute atomic E-state index is 11.9. The summed E-state index contributed by atoms with van der Waals surface area (Å²) in [6, 6.07) is 6.95. The van der Waals surface area contributed by atoms with Crippen LogP contribution in [-0.2, 0) is 4.79 Å². The van der Waals surface area contributed by atoms with Crippen LogP contribution in [-0.4, -0.2) is 31.6 Å². The number of fused-ring (bicyclic) bond motifs is 1. The van der Waals surface area contributed by atoms with Crippen molar-refractivity contribution in [3.8, 4) is 0 Å². The van der Waals surface area contributed by atoms with E-state index >= 15 is 0 Å². The number of H-pyrrole nitrogens is 2. The Morgan fingerprint density at radius 2 is 2.18 bits per heavy atom. The van der Waals surface area contributed by atoms with E-state index in [0.717, 1.165) is 11.8 Å². The van der Waals surface area contributed by atoms with Crippen LogP contribution in [0.1, 0.15) is 0 Å². The number of benzene rings is 1.